The molecule has 2 aliphatic rings. The topological polar surface area (TPSA) is 49.9 Å². The lowest BCUT2D eigenvalue weighted by Gasteiger charge is -2.29. The van der Waals surface area contributed by atoms with Crippen LogP contribution in [0, 0.1) is 11.7 Å². The van der Waals surface area contributed by atoms with E-state index in [1.165, 1.54) is 12.1 Å². The first kappa shape index (κ1) is 15.2. The second-order valence-corrected chi connectivity index (χ2v) is 6.08. The zero-order valence-corrected chi connectivity index (χ0v) is 12.8. The summed E-state index contributed by atoms with van der Waals surface area (Å²) in [6.07, 6.45) is 0. The Morgan fingerprint density at radius 3 is 2.86 bits per heavy atom. The maximum Gasteiger partial charge on any atom is 0.255 e. The van der Waals surface area contributed by atoms with Gasteiger partial charge < -0.3 is 14.5 Å². The number of hydrogen-bond acceptors (Lipinski definition) is 3. The highest BCUT2D eigenvalue weighted by atomic mass is 35.5. The molecule has 2 aliphatic heterocycles. The molecule has 0 N–H and O–H groups in total. The first-order chi connectivity index (χ1) is 10.5. The number of amides is 2. The third kappa shape index (κ3) is 2.68. The van der Waals surface area contributed by atoms with Crippen LogP contribution in [0.15, 0.2) is 18.2 Å². The number of hydrogen-bond donors (Lipinski definition) is 0. The van der Waals surface area contributed by atoms with Crippen LogP contribution in [0.4, 0.5) is 4.39 Å². The predicted octanol–water partition coefficient (Wildman–Crippen LogP) is 1.41. The summed E-state index contributed by atoms with van der Waals surface area (Å²) in [5.74, 6) is -1.16. The highest BCUT2D eigenvalue weighted by Gasteiger charge is 2.39. The normalized spacial score (nSPS) is 25.1. The molecule has 3 rings (SSSR count). The van der Waals surface area contributed by atoms with Crippen LogP contribution in [0.25, 0.3) is 0 Å². The summed E-state index contributed by atoms with van der Waals surface area (Å²) in [5, 5.41) is 0.0790. The Bertz CT molecular complexity index is 625. The number of carbonyl (C=O) groups excluding carboxylic acids is 2. The van der Waals surface area contributed by atoms with Gasteiger partial charge in [-0.2, -0.15) is 0 Å². The number of carbonyl (C=O) groups is 2. The van der Waals surface area contributed by atoms with Crippen molar-refractivity contribution in [3.8, 4) is 0 Å². The van der Waals surface area contributed by atoms with E-state index >= 15 is 0 Å². The van der Waals surface area contributed by atoms with Crippen molar-refractivity contribution >= 4 is 23.4 Å². The summed E-state index contributed by atoms with van der Waals surface area (Å²) < 4.78 is 18.6. The van der Waals surface area contributed by atoms with Gasteiger partial charge in [-0.1, -0.05) is 11.6 Å². The standard InChI is InChI=1S/C15H16ClFN2O3/c1-18-11-6-19(5-9(14(18)20)7-22-8-11)15(21)12-3-2-10(17)4-13(12)16/h2-4,9,11H,5-8H2,1H3/t9-,11+/m1/s1. The van der Waals surface area contributed by atoms with Crippen LogP contribution in [0.2, 0.25) is 5.02 Å². The molecule has 1 aromatic carbocycles. The van der Waals surface area contributed by atoms with Crippen molar-refractivity contribution in [2.24, 2.45) is 5.92 Å². The van der Waals surface area contributed by atoms with Crippen LogP contribution >= 0.6 is 11.6 Å². The number of likely N-dealkylation sites (N-methyl/N-ethyl adjacent to an activating group) is 1. The highest BCUT2D eigenvalue weighted by Crippen LogP contribution is 2.24. The number of rotatable bonds is 1. The molecule has 0 radical (unpaired) electrons. The van der Waals surface area contributed by atoms with E-state index in [0.29, 0.717) is 19.8 Å². The first-order valence-corrected chi connectivity index (χ1v) is 7.44. The zero-order chi connectivity index (χ0) is 15.9. The molecule has 2 bridgehead atoms. The van der Waals surface area contributed by atoms with E-state index in [1.807, 2.05) is 0 Å². The Balaban J connectivity index is 1.88. The largest absolute Gasteiger partial charge is 0.378 e. The minimum atomic E-state index is -0.488. The van der Waals surface area contributed by atoms with E-state index in [0.717, 1.165) is 6.07 Å². The van der Waals surface area contributed by atoms with Crippen molar-refractivity contribution in [2.45, 2.75) is 6.04 Å². The fourth-order valence-corrected chi connectivity index (χ4v) is 3.15. The van der Waals surface area contributed by atoms with Crippen molar-refractivity contribution in [3.05, 3.63) is 34.6 Å². The summed E-state index contributed by atoms with van der Waals surface area (Å²) in [5.41, 5.74) is 0.249. The second kappa shape index (κ2) is 5.85. The van der Waals surface area contributed by atoms with Gasteiger partial charge in [-0.25, -0.2) is 4.39 Å². The molecular formula is C15H16ClFN2O3. The fourth-order valence-electron chi connectivity index (χ4n) is 2.90. The minimum absolute atomic E-state index is 0.0111. The molecular weight excluding hydrogens is 311 g/mol. The fraction of sp³-hybridized carbons (Fsp3) is 0.467. The van der Waals surface area contributed by atoms with Gasteiger partial charge in [0.05, 0.1) is 35.8 Å². The van der Waals surface area contributed by atoms with Crippen molar-refractivity contribution < 1.29 is 18.7 Å². The summed E-state index contributed by atoms with van der Waals surface area (Å²) in [7, 11) is 1.73. The third-order valence-corrected chi connectivity index (χ3v) is 4.51. The average molecular weight is 327 g/mol. The quantitative estimate of drug-likeness (QED) is 0.784. The molecule has 1 aromatic rings. The van der Waals surface area contributed by atoms with Gasteiger partial charge in [0.2, 0.25) is 5.91 Å². The summed E-state index contributed by atoms with van der Waals surface area (Å²) >= 11 is 5.97. The van der Waals surface area contributed by atoms with E-state index in [4.69, 9.17) is 16.3 Å². The molecule has 0 saturated carbocycles. The Kier molecular flexibility index (Phi) is 4.06. The lowest BCUT2D eigenvalue weighted by Crippen LogP contribution is -2.45. The van der Waals surface area contributed by atoms with E-state index < -0.39 is 5.82 Å². The molecule has 118 valence electrons. The molecule has 0 spiro atoms. The lowest BCUT2D eigenvalue weighted by molar-refractivity contribution is -0.133. The number of nitrogens with zero attached hydrogens (tertiary/aromatic N) is 2. The van der Waals surface area contributed by atoms with Crippen LogP contribution in [0.1, 0.15) is 10.4 Å². The van der Waals surface area contributed by atoms with Crippen molar-refractivity contribution in [1.29, 1.82) is 0 Å². The second-order valence-electron chi connectivity index (χ2n) is 5.67. The predicted molar refractivity (Wildman–Crippen MR) is 78.2 cm³/mol. The van der Waals surface area contributed by atoms with Gasteiger partial charge in [-0.3, -0.25) is 9.59 Å². The Morgan fingerprint density at radius 2 is 2.14 bits per heavy atom. The summed E-state index contributed by atoms with van der Waals surface area (Å²) in [6, 6.07) is 3.53. The lowest BCUT2D eigenvalue weighted by atomic mass is 10.1. The number of ether oxygens (including phenoxy) is 1. The number of fused-ring (bicyclic) bond motifs is 3. The van der Waals surface area contributed by atoms with E-state index in [1.54, 1.807) is 16.8 Å². The maximum absolute atomic E-state index is 13.1. The van der Waals surface area contributed by atoms with Crippen LogP contribution in [-0.4, -0.2) is 61.0 Å². The molecule has 0 aliphatic carbocycles. The van der Waals surface area contributed by atoms with Gasteiger partial charge >= 0.3 is 0 Å². The maximum atomic E-state index is 13.1. The van der Waals surface area contributed by atoms with Crippen LogP contribution in [0.3, 0.4) is 0 Å². The zero-order valence-electron chi connectivity index (χ0n) is 12.1. The van der Waals surface area contributed by atoms with Crippen LogP contribution in [-0.2, 0) is 9.53 Å². The number of halogens is 2. The van der Waals surface area contributed by atoms with Gasteiger partial charge in [-0.05, 0) is 18.2 Å². The smallest absolute Gasteiger partial charge is 0.255 e. The Labute approximate surface area is 132 Å². The summed E-state index contributed by atoms with van der Waals surface area (Å²) in [6.45, 7) is 1.37. The molecule has 7 heteroatoms. The van der Waals surface area contributed by atoms with Gasteiger partial charge in [0.1, 0.15) is 5.82 Å². The molecule has 2 fully saturated rings. The molecule has 2 amide bonds. The Hall–Kier alpha value is -1.66. The van der Waals surface area contributed by atoms with Gasteiger partial charge in [0.15, 0.2) is 0 Å². The number of benzene rings is 1. The van der Waals surface area contributed by atoms with Crippen molar-refractivity contribution in [3.63, 3.8) is 0 Å². The van der Waals surface area contributed by atoms with Gasteiger partial charge in [0, 0.05) is 20.1 Å². The van der Waals surface area contributed by atoms with Crippen LogP contribution < -0.4 is 0 Å². The van der Waals surface area contributed by atoms with Crippen LogP contribution in [0.5, 0.6) is 0 Å². The van der Waals surface area contributed by atoms with E-state index in [9.17, 15) is 14.0 Å². The van der Waals surface area contributed by atoms with Crippen molar-refractivity contribution in [1.82, 2.24) is 9.80 Å². The van der Waals surface area contributed by atoms with Crippen molar-refractivity contribution in [2.75, 3.05) is 33.4 Å². The molecule has 2 atom stereocenters. The molecule has 0 unspecified atom stereocenters. The SMILES string of the molecule is CN1C(=O)[C@H]2COC[C@@H]1CN(C(=O)c1ccc(F)cc1Cl)C2. The monoisotopic (exact) mass is 326 g/mol. The Morgan fingerprint density at radius 1 is 1.36 bits per heavy atom. The molecule has 22 heavy (non-hydrogen) atoms. The van der Waals surface area contributed by atoms with E-state index in [-0.39, 0.29) is 40.9 Å². The molecule has 2 saturated heterocycles. The third-order valence-electron chi connectivity index (χ3n) is 4.19. The molecule has 0 aromatic heterocycles. The highest BCUT2D eigenvalue weighted by molar-refractivity contribution is 6.33. The molecule has 5 nitrogen and oxygen atoms in total. The van der Waals surface area contributed by atoms with E-state index in [2.05, 4.69) is 0 Å². The van der Waals surface area contributed by atoms with Gasteiger partial charge in [-0.15, -0.1) is 0 Å². The average Bonchev–Trinajstić information content (AvgIpc) is 2.64. The summed E-state index contributed by atoms with van der Waals surface area (Å²) in [4.78, 5) is 28.2. The first-order valence-electron chi connectivity index (χ1n) is 7.06. The minimum Gasteiger partial charge on any atom is -0.378 e. The van der Waals surface area contributed by atoms with Gasteiger partial charge in [0.25, 0.3) is 5.91 Å². The molecule has 2 heterocycles.